The number of hydrogen-bond donors (Lipinski definition) is 1. The first-order valence-electron chi connectivity index (χ1n) is 8.95. The number of nitrogens with one attached hydrogen (secondary N) is 1. The number of urea groups is 1. The Hall–Kier alpha value is -2.08. The van der Waals surface area contributed by atoms with E-state index in [9.17, 15) is 14.4 Å². The van der Waals surface area contributed by atoms with Gasteiger partial charge in [-0.15, -0.1) is 0 Å². The van der Waals surface area contributed by atoms with E-state index in [-0.39, 0.29) is 24.5 Å². The molecule has 2 aliphatic heterocycles. The lowest BCUT2D eigenvalue weighted by atomic mass is 9.92. The van der Waals surface area contributed by atoms with Crippen molar-refractivity contribution in [2.45, 2.75) is 57.7 Å². The molecule has 0 saturated carbocycles. The molecule has 0 aliphatic carbocycles. The molecule has 3 atom stereocenters. The summed E-state index contributed by atoms with van der Waals surface area (Å²) < 4.78 is 0. The van der Waals surface area contributed by atoms with E-state index < -0.39 is 17.5 Å². The lowest BCUT2D eigenvalue weighted by molar-refractivity contribution is -0.142. The summed E-state index contributed by atoms with van der Waals surface area (Å²) in [4.78, 5) is 41.0. The van der Waals surface area contributed by atoms with Gasteiger partial charge in [-0.05, 0) is 57.7 Å². The van der Waals surface area contributed by atoms with E-state index in [4.69, 9.17) is 11.6 Å². The van der Waals surface area contributed by atoms with E-state index in [2.05, 4.69) is 5.32 Å². The van der Waals surface area contributed by atoms with Crippen molar-refractivity contribution >= 4 is 29.4 Å². The molecule has 0 spiro atoms. The van der Waals surface area contributed by atoms with E-state index in [1.54, 1.807) is 31.2 Å². The van der Waals surface area contributed by atoms with Crippen LogP contribution in [0.5, 0.6) is 0 Å². The standard InChI is InChI=1S/C19H24ClN3O3/c1-12-5-4-6-13(2)23(12)16(24)11-22-17(25)19(3,21-18(22)26)14-7-9-15(20)10-8-14/h7-10,12-13H,4-6,11H2,1-3H3,(H,21,26)/t12-,13+,19-/m1/s1. The second-order valence-corrected chi connectivity index (χ2v) is 7.82. The lowest BCUT2D eigenvalue weighted by Crippen LogP contribution is -2.52. The van der Waals surface area contributed by atoms with Crippen LogP contribution in [-0.4, -0.2) is 46.3 Å². The molecule has 1 aromatic rings. The van der Waals surface area contributed by atoms with Crippen LogP contribution in [0.1, 0.15) is 45.6 Å². The van der Waals surface area contributed by atoms with Crippen LogP contribution in [0, 0.1) is 0 Å². The van der Waals surface area contributed by atoms with Crippen molar-refractivity contribution in [3.63, 3.8) is 0 Å². The van der Waals surface area contributed by atoms with Crippen LogP contribution in [0.2, 0.25) is 5.02 Å². The molecule has 2 saturated heterocycles. The van der Waals surface area contributed by atoms with E-state index in [0.717, 1.165) is 24.2 Å². The Balaban J connectivity index is 1.79. The van der Waals surface area contributed by atoms with E-state index >= 15 is 0 Å². The number of carbonyl (C=O) groups excluding carboxylic acids is 3. The van der Waals surface area contributed by atoms with Gasteiger partial charge in [-0.3, -0.25) is 14.5 Å². The summed E-state index contributed by atoms with van der Waals surface area (Å²) >= 11 is 5.91. The number of amides is 4. The molecule has 6 nitrogen and oxygen atoms in total. The van der Waals surface area contributed by atoms with Crippen LogP contribution >= 0.6 is 11.6 Å². The van der Waals surface area contributed by atoms with E-state index in [1.807, 2.05) is 18.7 Å². The number of halogens is 1. The van der Waals surface area contributed by atoms with Crippen LogP contribution in [-0.2, 0) is 15.1 Å². The van der Waals surface area contributed by atoms with Gasteiger partial charge in [-0.2, -0.15) is 0 Å². The minimum Gasteiger partial charge on any atom is -0.336 e. The fourth-order valence-electron chi connectivity index (χ4n) is 3.95. The SMILES string of the molecule is C[C@@H]1CCC[C@H](C)N1C(=O)CN1C(=O)N[C@](C)(c2ccc(Cl)cc2)C1=O. The van der Waals surface area contributed by atoms with Gasteiger partial charge >= 0.3 is 6.03 Å². The number of likely N-dealkylation sites (tertiary alicyclic amines) is 1. The van der Waals surface area contributed by atoms with Gasteiger partial charge in [-0.25, -0.2) is 4.79 Å². The minimum atomic E-state index is -1.19. The Morgan fingerprint density at radius 1 is 1.19 bits per heavy atom. The van der Waals surface area contributed by atoms with Crippen LogP contribution in [0.3, 0.4) is 0 Å². The number of imide groups is 1. The number of rotatable bonds is 3. The monoisotopic (exact) mass is 377 g/mol. The quantitative estimate of drug-likeness (QED) is 0.823. The normalized spacial score (nSPS) is 29.1. The van der Waals surface area contributed by atoms with Gasteiger partial charge in [0.05, 0.1) is 0 Å². The Morgan fingerprint density at radius 2 is 1.77 bits per heavy atom. The average Bonchev–Trinajstić information content (AvgIpc) is 2.79. The third-order valence-corrected chi connectivity index (χ3v) is 5.72. The zero-order chi connectivity index (χ0) is 19.1. The maximum atomic E-state index is 12.9. The third-order valence-electron chi connectivity index (χ3n) is 5.47. The average molecular weight is 378 g/mol. The highest BCUT2D eigenvalue weighted by molar-refractivity contribution is 6.30. The first-order chi connectivity index (χ1) is 12.2. The number of piperidine rings is 1. The van der Waals surface area contributed by atoms with Crippen molar-refractivity contribution in [1.82, 2.24) is 15.1 Å². The smallest absolute Gasteiger partial charge is 0.325 e. The van der Waals surface area contributed by atoms with Gasteiger partial charge < -0.3 is 10.2 Å². The predicted molar refractivity (Wildman–Crippen MR) is 98.7 cm³/mol. The second kappa shape index (κ2) is 6.91. The van der Waals surface area contributed by atoms with Gasteiger partial charge in [-0.1, -0.05) is 23.7 Å². The van der Waals surface area contributed by atoms with Gasteiger partial charge in [0.15, 0.2) is 0 Å². The molecule has 26 heavy (non-hydrogen) atoms. The van der Waals surface area contributed by atoms with Gasteiger partial charge in [0.2, 0.25) is 5.91 Å². The molecular formula is C19H24ClN3O3. The van der Waals surface area contributed by atoms with E-state index in [1.165, 1.54) is 0 Å². The highest BCUT2D eigenvalue weighted by Gasteiger charge is 2.50. The second-order valence-electron chi connectivity index (χ2n) is 7.38. The Kier molecular flexibility index (Phi) is 4.97. The Bertz CT molecular complexity index is 726. The van der Waals surface area contributed by atoms with Crippen molar-refractivity contribution in [3.8, 4) is 0 Å². The summed E-state index contributed by atoms with van der Waals surface area (Å²) in [6, 6.07) is 6.46. The van der Waals surface area contributed by atoms with Crippen molar-refractivity contribution in [2.24, 2.45) is 0 Å². The van der Waals surface area contributed by atoms with Crippen molar-refractivity contribution < 1.29 is 14.4 Å². The zero-order valence-corrected chi connectivity index (χ0v) is 16.0. The summed E-state index contributed by atoms with van der Waals surface area (Å²) in [7, 11) is 0. The highest BCUT2D eigenvalue weighted by Crippen LogP contribution is 2.30. The van der Waals surface area contributed by atoms with Gasteiger partial charge in [0, 0.05) is 17.1 Å². The number of hydrogen-bond acceptors (Lipinski definition) is 3. The molecule has 140 valence electrons. The summed E-state index contributed by atoms with van der Waals surface area (Å²) in [6.07, 6.45) is 2.97. The highest BCUT2D eigenvalue weighted by atomic mass is 35.5. The van der Waals surface area contributed by atoms with Crippen molar-refractivity contribution in [1.29, 1.82) is 0 Å². The molecule has 0 unspecified atom stereocenters. The summed E-state index contributed by atoms with van der Waals surface area (Å²) in [5.74, 6) is -0.607. The third kappa shape index (κ3) is 3.18. The predicted octanol–water partition coefficient (Wildman–Crippen LogP) is 2.90. The van der Waals surface area contributed by atoms with Crippen molar-refractivity contribution in [2.75, 3.05) is 6.54 Å². The van der Waals surface area contributed by atoms with E-state index in [0.29, 0.717) is 10.6 Å². The summed E-state index contributed by atoms with van der Waals surface area (Å²) in [5.41, 5.74) is -0.559. The maximum absolute atomic E-state index is 12.9. The molecule has 1 N–H and O–H groups in total. The minimum absolute atomic E-state index is 0.120. The van der Waals surface area contributed by atoms with Gasteiger partial charge in [0.1, 0.15) is 12.1 Å². The van der Waals surface area contributed by atoms with Crippen LogP contribution < -0.4 is 5.32 Å². The number of benzene rings is 1. The number of carbonyl (C=O) groups is 3. The molecular weight excluding hydrogens is 354 g/mol. The molecule has 0 bridgehead atoms. The largest absolute Gasteiger partial charge is 0.336 e. The summed E-state index contributed by atoms with van der Waals surface area (Å²) in [6.45, 7) is 5.43. The lowest BCUT2D eigenvalue weighted by Gasteiger charge is -2.39. The first kappa shape index (κ1) is 18.7. The Labute approximate surface area is 158 Å². The zero-order valence-electron chi connectivity index (χ0n) is 15.3. The summed E-state index contributed by atoms with van der Waals surface area (Å²) in [5, 5.41) is 3.27. The van der Waals surface area contributed by atoms with Gasteiger partial charge in [0.25, 0.3) is 5.91 Å². The molecule has 2 fully saturated rings. The van der Waals surface area contributed by atoms with Crippen molar-refractivity contribution in [3.05, 3.63) is 34.9 Å². The molecule has 7 heteroatoms. The molecule has 4 amide bonds. The molecule has 3 rings (SSSR count). The molecule has 1 aromatic carbocycles. The fraction of sp³-hybridized carbons (Fsp3) is 0.526. The molecule has 0 radical (unpaired) electrons. The van der Waals surface area contributed by atoms with Crippen LogP contribution in [0.25, 0.3) is 0 Å². The maximum Gasteiger partial charge on any atom is 0.325 e. The fourth-order valence-corrected chi connectivity index (χ4v) is 4.08. The van der Waals surface area contributed by atoms with Crippen LogP contribution in [0.15, 0.2) is 24.3 Å². The Morgan fingerprint density at radius 3 is 2.35 bits per heavy atom. The molecule has 2 heterocycles. The first-order valence-corrected chi connectivity index (χ1v) is 9.33. The number of nitrogens with zero attached hydrogens (tertiary/aromatic N) is 2. The topological polar surface area (TPSA) is 69.7 Å². The molecule has 2 aliphatic rings. The molecule has 0 aromatic heterocycles. The van der Waals surface area contributed by atoms with Crippen LogP contribution in [0.4, 0.5) is 4.79 Å².